The van der Waals surface area contributed by atoms with E-state index in [0.717, 1.165) is 25.7 Å². The third kappa shape index (κ3) is 4.08. The molecule has 0 saturated heterocycles. The third-order valence-corrected chi connectivity index (χ3v) is 7.46. The minimum Gasteiger partial charge on any atom is -0.212 e. The van der Waals surface area contributed by atoms with Crippen LogP contribution in [0.15, 0.2) is 41.1 Å². The van der Waals surface area contributed by atoms with Gasteiger partial charge in [0, 0.05) is 6.04 Å². The molecule has 3 nitrogen and oxygen atoms in total. The lowest BCUT2D eigenvalue weighted by atomic mass is 9.94. The number of hydrogen-bond donors (Lipinski definition) is 1. The molecule has 1 aromatic heterocycles. The van der Waals surface area contributed by atoms with E-state index in [4.69, 9.17) is 0 Å². The maximum atomic E-state index is 12.2. The lowest BCUT2D eigenvalue weighted by Gasteiger charge is -2.22. The lowest BCUT2D eigenvalue weighted by Crippen LogP contribution is -2.41. The molecule has 0 spiro atoms. The predicted molar refractivity (Wildman–Crippen MR) is 102 cm³/mol. The van der Waals surface area contributed by atoms with Crippen molar-refractivity contribution in [2.24, 2.45) is 5.92 Å². The van der Waals surface area contributed by atoms with Crippen LogP contribution in [0.5, 0.6) is 0 Å². The van der Waals surface area contributed by atoms with Crippen LogP contribution in [0.1, 0.15) is 38.7 Å². The maximum absolute atomic E-state index is 12.2. The fourth-order valence-corrected chi connectivity index (χ4v) is 5.02. The second-order valence-electron chi connectivity index (χ2n) is 6.92. The second kappa shape index (κ2) is 7.38. The highest BCUT2D eigenvalue weighted by atomic mass is 32.2. The van der Waals surface area contributed by atoms with Crippen LogP contribution in [0.25, 0.3) is 11.1 Å². The van der Waals surface area contributed by atoms with Gasteiger partial charge in [-0.05, 0) is 72.5 Å². The molecular formula is C19H25NO2S2. The minimum atomic E-state index is -3.19. The zero-order chi connectivity index (χ0) is 17.2. The summed E-state index contributed by atoms with van der Waals surface area (Å²) in [7, 11) is -3.19. The SMILES string of the molecule is CC(C)S(=O)(=O)N[C@@H]1CCC[C@@H]1Cc1ccc(-c2ccsc2)cc1. The number of benzene rings is 1. The summed E-state index contributed by atoms with van der Waals surface area (Å²) >= 11 is 1.71. The van der Waals surface area contributed by atoms with Crippen molar-refractivity contribution in [3.05, 3.63) is 46.7 Å². The Bertz CT molecular complexity index is 749. The molecule has 0 amide bonds. The molecule has 1 aliphatic carbocycles. The van der Waals surface area contributed by atoms with E-state index < -0.39 is 10.0 Å². The molecule has 1 aromatic carbocycles. The van der Waals surface area contributed by atoms with Gasteiger partial charge in [0.05, 0.1) is 5.25 Å². The summed E-state index contributed by atoms with van der Waals surface area (Å²) < 4.78 is 27.2. The zero-order valence-electron chi connectivity index (χ0n) is 14.2. The van der Waals surface area contributed by atoms with E-state index in [-0.39, 0.29) is 11.3 Å². The van der Waals surface area contributed by atoms with Gasteiger partial charge in [-0.15, -0.1) is 0 Å². The Balaban J connectivity index is 1.66. The zero-order valence-corrected chi connectivity index (χ0v) is 15.9. The van der Waals surface area contributed by atoms with E-state index in [1.807, 2.05) is 0 Å². The van der Waals surface area contributed by atoms with Crippen LogP contribution in [0.3, 0.4) is 0 Å². The van der Waals surface area contributed by atoms with Crippen molar-refractivity contribution in [1.29, 1.82) is 0 Å². The topological polar surface area (TPSA) is 46.2 Å². The van der Waals surface area contributed by atoms with Crippen LogP contribution >= 0.6 is 11.3 Å². The van der Waals surface area contributed by atoms with Crippen molar-refractivity contribution in [1.82, 2.24) is 4.72 Å². The molecule has 1 saturated carbocycles. The van der Waals surface area contributed by atoms with Gasteiger partial charge in [0.25, 0.3) is 0 Å². The van der Waals surface area contributed by atoms with E-state index in [2.05, 4.69) is 45.8 Å². The second-order valence-corrected chi connectivity index (χ2v) is 9.97. The van der Waals surface area contributed by atoms with Crippen LogP contribution < -0.4 is 4.72 Å². The predicted octanol–water partition coefficient (Wildman–Crippen LogP) is 4.45. The summed E-state index contributed by atoms with van der Waals surface area (Å²) in [5.74, 6) is 0.394. The summed E-state index contributed by atoms with van der Waals surface area (Å²) in [5.41, 5.74) is 3.79. The quantitative estimate of drug-likeness (QED) is 0.824. The number of rotatable bonds is 6. The average molecular weight is 364 g/mol. The van der Waals surface area contributed by atoms with Crippen LogP contribution in [0.2, 0.25) is 0 Å². The van der Waals surface area contributed by atoms with Gasteiger partial charge in [-0.3, -0.25) is 0 Å². The molecule has 1 fully saturated rings. The first kappa shape index (κ1) is 17.6. The molecule has 3 rings (SSSR count). The Morgan fingerprint density at radius 2 is 1.88 bits per heavy atom. The number of sulfonamides is 1. The average Bonchev–Trinajstić information content (AvgIpc) is 3.20. The van der Waals surface area contributed by atoms with E-state index in [0.29, 0.717) is 5.92 Å². The van der Waals surface area contributed by atoms with Gasteiger partial charge >= 0.3 is 0 Å². The summed E-state index contributed by atoms with van der Waals surface area (Å²) in [5, 5.41) is 3.87. The Morgan fingerprint density at radius 1 is 1.12 bits per heavy atom. The highest BCUT2D eigenvalue weighted by Gasteiger charge is 2.31. The first-order valence-corrected chi connectivity index (χ1v) is 11.1. The number of thiophene rings is 1. The highest BCUT2D eigenvalue weighted by molar-refractivity contribution is 7.90. The molecule has 0 bridgehead atoms. The monoisotopic (exact) mass is 363 g/mol. The third-order valence-electron chi connectivity index (χ3n) is 4.90. The van der Waals surface area contributed by atoms with Crippen molar-refractivity contribution in [3.8, 4) is 11.1 Å². The molecular weight excluding hydrogens is 338 g/mol. The molecule has 2 atom stereocenters. The van der Waals surface area contributed by atoms with E-state index in [1.165, 1.54) is 16.7 Å². The summed E-state index contributed by atoms with van der Waals surface area (Å²) in [6.45, 7) is 3.46. The van der Waals surface area contributed by atoms with Crippen LogP contribution in [-0.4, -0.2) is 19.7 Å². The molecule has 0 aliphatic heterocycles. The normalized spacial score (nSPS) is 21.5. The first-order valence-electron chi connectivity index (χ1n) is 8.58. The Kier molecular flexibility index (Phi) is 5.42. The first-order chi connectivity index (χ1) is 11.5. The van der Waals surface area contributed by atoms with Gasteiger partial charge in [0.15, 0.2) is 0 Å². The number of nitrogens with one attached hydrogen (secondary N) is 1. The fourth-order valence-electron chi connectivity index (χ4n) is 3.35. The molecule has 1 aliphatic rings. The standard InChI is InChI=1S/C19H25NO2S2/c1-14(2)24(21,22)20-19-5-3-4-17(19)12-15-6-8-16(9-7-15)18-10-11-23-13-18/h6-11,13-14,17,19-20H,3-5,12H2,1-2H3/t17-,19-/m1/s1. The maximum Gasteiger partial charge on any atom is 0.214 e. The molecule has 1 N–H and O–H groups in total. The summed E-state index contributed by atoms with van der Waals surface area (Å²) in [6.07, 6.45) is 4.08. The molecule has 130 valence electrons. The fraction of sp³-hybridized carbons (Fsp3) is 0.474. The van der Waals surface area contributed by atoms with E-state index in [1.54, 1.807) is 25.2 Å². The van der Waals surface area contributed by atoms with Crippen molar-refractivity contribution in [3.63, 3.8) is 0 Å². The largest absolute Gasteiger partial charge is 0.214 e. The summed E-state index contributed by atoms with van der Waals surface area (Å²) in [6, 6.07) is 10.9. The van der Waals surface area contributed by atoms with Crippen LogP contribution in [0.4, 0.5) is 0 Å². The van der Waals surface area contributed by atoms with Crippen LogP contribution in [-0.2, 0) is 16.4 Å². The molecule has 5 heteroatoms. The molecule has 0 radical (unpaired) electrons. The number of hydrogen-bond acceptors (Lipinski definition) is 3. The van der Waals surface area contributed by atoms with Crippen molar-refractivity contribution < 1.29 is 8.42 Å². The van der Waals surface area contributed by atoms with Crippen molar-refractivity contribution in [2.75, 3.05) is 0 Å². The highest BCUT2D eigenvalue weighted by Crippen LogP contribution is 2.30. The Labute approximate surface area is 149 Å². The molecule has 24 heavy (non-hydrogen) atoms. The summed E-state index contributed by atoms with van der Waals surface area (Å²) in [4.78, 5) is 0. The lowest BCUT2D eigenvalue weighted by molar-refractivity contribution is 0.440. The van der Waals surface area contributed by atoms with E-state index >= 15 is 0 Å². The van der Waals surface area contributed by atoms with Gasteiger partial charge in [-0.1, -0.05) is 30.7 Å². The smallest absolute Gasteiger partial charge is 0.212 e. The van der Waals surface area contributed by atoms with Gasteiger partial charge in [0.2, 0.25) is 10.0 Å². The Hall–Kier alpha value is -1.17. The van der Waals surface area contributed by atoms with Gasteiger partial charge in [-0.2, -0.15) is 11.3 Å². The van der Waals surface area contributed by atoms with E-state index in [9.17, 15) is 8.42 Å². The van der Waals surface area contributed by atoms with Gasteiger partial charge in [0.1, 0.15) is 0 Å². The molecule has 0 unspecified atom stereocenters. The van der Waals surface area contributed by atoms with Gasteiger partial charge < -0.3 is 0 Å². The minimum absolute atomic E-state index is 0.0777. The van der Waals surface area contributed by atoms with Crippen molar-refractivity contribution >= 4 is 21.4 Å². The van der Waals surface area contributed by atoms with Crippen molar-refractivity contribution in [2.45, 2.75) is 50.8 Å². The Morgan fingerprint density at radius 3 is 2.50 bits per heavy atom. The molecule has 2 aromatic rings. The van der Waals surface area contributed by atoms with Gasteiger partial charge in [-0.25, -0.2) is 13.1 Å². The van der Waals surface area contributed by atoms with Crippen LogP contribution in [0, 0.1) is 5.92 Å². The molecule has 1 heterocycles.